The molecule has 0 aliphatic rings. The Bertz CT molecular complexity index is 1500. The van der Waals surface area contributed by atoms with Crippen LogP contribution in [-0.2, 0) is 0 Å². The van der Waals surface area contributed by atoms with Gasteiger partial charge in [-0.25, -0.2) is 5.43 Å². The summed E-state index contributed by atoms with van der Waals surface area (Å²) in [6, 6.07) is 20.3. The van der Waals surface area contributed by atoms with Gasteiger partial charge < -0.3 is 10.4 Å². The second-order valence-corrected chi connectivity index (χ2v) is 7.75. The standard InChI is InChI=1S/C25H17ClN4O5/c26-20-13-15(10-12-23(20)31)24(32)29-27-14-16-9-11-21(18-6-2-1-5-17(16)18)28-25(33)19-7-3-4-8-22(19)30(34)35/h1-14,31H,(H,28,33)(H,29,32). The lowest BCUT2D eigenvalue weighted by molar-refractivity contribution is -0.385. The number of carbonyl (C=O) groups is 2. The van der Waals surface area contributed by atoms with Gasteiger partial charge >= 0.3 is 0 Å². The first-order valence-electron chi connectivity index (χ1n) is 10.2. The molecule has 4 rings (SSSR count). The monoisotopic (exact) mass is 488 g/mol. The molecule has 0 fully saturated rings. The van der Waals surface area contributed by atoms with Crippen LogP contribution in [0.4, 0.5) is 11.4 Å². The van der Waals surface area contributed by atoms with Gasteiger partial charge in [0.2, 0.25) is 0 Å². The molecule has 0 aliphatic heterocycles. The van der Waals surface area contributed by atoms with Crippen LogP contribution in [0.1, 0.15) is 26.3 Å². The molecular weight excluding hydrogens is 472 g/mol. The van der Waals surface area contributed by atoms with E-state index in [1.165, 1.54) is 42.6 Å². The van der Waals surface area contributed by atoms with Gasteiger partial charge in [0.15, 0.2) is 0 Å². The first-order chi connectivity index (χ1) is 16.8. The fraction of sp³-hybridized carbons (Fsp3) is 0. The SMILES string of the molecule is O=C(NN=Cc1ccc(NC(=O)c2ccccc2[N+](=O)[O-])c2ccccc12)c1ccc(O)c(Cl)c1. The van der Waals surface area contributed by atoms with Crippen molar-refractivity contribution in [1.29, 1.82) is 0 Å². The fourth-order valence-electron chi connectivity index (χ4n) is 3.43. The van der Waals surface area contributed by atoms with Crippen LogP contribution in [0.5, 0.6) is 5.75 Å². The highest BCUT2D eigenvalue weighted by Gasteiger charge is 2.20. The van der Waals surface area contributed by atoms with E-state index >= 15 is 0 Å². The Labute approximate surface area is 203 Å². The summed E-state index contributed by atoms with van der Waals surface area (Å²) in [5.74, 6) is -1.25. The van der Waals surface area contributed by atoms with Crippen LogP contribution >= 0.6 is 11.6 Å². The van der Waals surface area contributed by atoms with Crippen molar-refractivity contribution in [3.05, 3.63) is 111 Å². The number of phenols is 1. The van der Waals surface area contributed by atoms with Crippen LogP contribution in [0.25, 0.3) is 10.8 Å². The van der Waals surface area contributed by atoms with E-state index in [0.717, 1.165) is 5.39 Å². The van der Waals surface area contributed by atoms with Crippen molar-refractivity contribution in [2.45, 2.75) is 0 Å². The zero-order chi connectivity index (χ0) is 24.9. The fourth-order valence-corrected chi connectivity index (χ4v) is 3.61. The number of carbonyl (C=O) groups excluding carboxylic acids is 2. The average molecular weight is 489 g/mol. The van der Waals surface area contributed by atoms with Crippen molar-refractivity contribution in [3.8, 4) is 5.75 Å². The van der Waals surface area contributed by atoms with Gasteiger partial charge in [0.1, 0.15) is 11.3 Å². The topological polar surface area (TPSA) is 134 Å². The molecule has 3 N–H and O–H groups in total. The molecule has 0 atom stereocenters. The summed E-state index contributed by atoms with van der Waals surface area (Å²) in [5, 5.41) is 28.9. The third-order valence-corrected chi connectivity index (χ3v) is 5.43. The Morgan fingerprint density at radius 3 is 2.40 bits per heavy atom. The Balaban J connectivity index is 1.57. The number of aromatic hydroxyl groups is 1. The number of rotatable bonds is 6. The van der Waals surface area contributed by atoms with Crippen LogP contribution in [-0.4, -0.2) is 28.1 Å². The second kappa shape index (κ2) is 10.0. The number of nitro groups is 1. The maximum Gasteiger partial charge on any atom is 0.282 e. The summed E-state index contributed by atoms with van der Waals surface area (Å²) in [4.78, 5) is 35.7. The van der Waals surface area contributed by atoms with E-state index in [0.29, 0.717) is 16.6 Å². The number of nitrogens with zero attached hydrogens (tertiary/aromatic N) is 2. The molecular formula is C25H17ClN4O5. The summed E-state index contributed by atoms with van der Waals surface area (Å²) >= 11 is 5.84. The second-order valence-electron chi connectivity index (χ2n) is 7.34. The summed E-state index contributed by atoms with van der Waals surface area (Å²) in [5.41, 5.74) is 3.41. The number of nitrogens with one attached hydrogen (secondary N) is 2. The molecule has 2 amide bonds. The summed E-state index contributed by atoms with van der Waals surface area (Å²) in [6.07, 6.45) is 1.45. The minimum absolute atomic E-state index is 0.0473. The number of halogens is 1. The molecule has 0 aromatic heterocycles. The van der Waals surface area contributed by atoms with E-state index in [9.17, 15) is 24.8 Å². The van der Waals surface area contributed by atoms with Gasteiger partial charge in [-0.05, 0) is 35.7 Å². The van der Waals surface area contributed by atoms with Crippen LogP contribution in [0.2, 0.25) is 5.02 Å². The highest BCUT2D eigenvalue weighted by Crippen LogP contribution is 2.28. The third-order valence-electron chi connectivity index (χ3n) is 5.13. The molecule has 0 aliphatic carbocycles. The molecule has 9 nitrogen and oxygen atoms in total. The molecule has 35 heavy (non-hydrogen) atoms. The molecule has 0 unspecified atom stereocenters. The number of nitro benzene ring substituents is 1. The van der Waals surface area contributed by atoms with Crippen molar-refractivity contribution in [1.82, 2.24) is 5.43 Å². The van der Waals surface area contributed by atoms with Crippen molar-refractivity contribution >= 4 is 51.8 Å². The third kappa shape index (κ3) is 5.10. The largest absolute Gasteiger partial charge is 0.506 e. The van der Waals surface area contributed by atoms with Gasteiger partial charge in [-0.3, -0.25) is 19.7 Å². The maximum atomic E-state index is 12.8. The maximum absolute atomic E-state index is 12.8. The Morgan fingerprint density at radius 2 is 1.66 bits per heavy atom. The number of para-hydroxylation sites is 1. The van der Waals surface area contributed by atoms with Crippen LogP contribution in [0, 0.1) is 10.1 Å². The Kier molecular flexibility index (Phi) is 6.70. The molecule has 174 valence electrons. The number of hydrazone groups is 1. The number of phenolic OH excluding ortho intramolecular Hbond substituents is 1. The minimum atomic E-state index is -0.608. The van der Waals surface area contributed by atoms with Crippen molar-refractivity contribution < 1.29 is 19.6 Å². The van der Waals surface area contributed by atoms with Crippen LogP contribution in [0.15, 0.2) is 84.0 Å². The van der Waals surface area contributed by atoms with Crippen molar-refractivity contribution in [3.63, 3.8) is 0 Å². The number of benzene rings is 4. The van der Waals surface area contributed by atoms with E-state index in [-0.39, 0.29) is 27.6 Å². The van der Waals surface area contributed by atoms with Crippen LogP contribution < -0.4 is 10.7 Å². The zero-order valence-corrected chi connectivity index (χ0v) is 18.7. The van der Waals surface area contributed by atoms with Crippen LogP contribution in [0.3, 0.4) is 0 Å². The average Bonchev–Trinajstić information content (AvgIpc) is 2.86. The van der Waals surface area contributed by atoms with E-state index < -0.39 is 16.7 Å². The highest BCUT2D eigenvalue weighted by atomic mass is 35.5. The first kappa shape index (κ1) is 23.4. The Hall–Kier alpha value is -4.76. The predicted molar refractivity (Wildman–Crippen MR) is 133 cm³/mol. The lowest BCUT2D eigenvalue weighted by Crippen LogP contribution is -2.17. The molecule has 4 aromatic rings. The smallest absolute Gasteiger partial charge is 0.282 e. The normalized spacial score (nSPS) is 10.9. The van der Waals surface area contributed by atoms with E-state index in [1.54, 1.807) is 30.3 Å². The lowest BCUT2D eigenvalue weighted by atomic mass is 10.0. The van der Waals surface area contributed by atoms with Crippen molar-refractivity contribution in [2.75, 3.05) is 5.32 Å². The molecule has 0 bridgehead atoms. The van der Waals surface area contributed by atoms with Gasteiger partial charge in [0.25, 0.3) is 17.5 Å². The van der Waals surface area contributed by atoms with Gasteiger partial charge in [-0.1, -0.05) is 54.1 Å². The summed E-state index contributed by atoms with van der Waals surface area (Å²) in [7, 11) is 0. The number of hydrogen-bond acceptors (Lipinski definition) is 6. The summed E-state index contributed by atoms with van der Waals surface area (Å²) in [6.45, 7) is 0. The number of fused-ring (bicyclic) bond motifs is 1. The zero-order valence-electron chi connectivity index (χ0n) is 17.9. The predicted octanol–water partition coefficient (Wildman–Crippen LogP) is 5.12. The van der Waals surface area contributed by atoms with Crippen molar-refractivity contribution in [2.24, 2.45) is 5.10 Å². The molecule has 0 spiro atoms. The van der Waals surface area contributed by atoms with E-state index in [1.807, 2.05) is 12.1 Å². The lowest BCUT2D eigenvalue weighted by Gasteiger charge is -2.11. The van der Waals surface area contributed by atoms with E-state index in [2.05, 4.69) is 15.8 Å². The van der Waals surface area contributed by atoms with Gasteiger partial charge in [0, 0.05) is 28.3 Å². The quantitative estimate of drug-likeness (QED) is 0.197. The molecule has 10 heteroatoms. The molecule has 0 radical (unpaired) electrons. The van der Waals surface area contributed by atoms with Gasteiger partial charge in [-0.15, -0.1) is 0 Å². The molecule has 0 heterocycles. The van der Waals surface area contributed by atoms with Gasteiger partial charge in [-0.2, -0.15) is 5.10 Å². The molecule has 0 saturated carbocycles. The first-order valence-corrected chi connectivity index (χ1v) is 10.6. The highest BCUT2D eigenvalue weighted by molar-refractivity contribution is 6.32. The Morgan fingerprint density at radius 1 is 0.943 bits per heavy atom. The van der Waals surface area contributed by atoms with E-state index in [4.69, 9.17) is 11.6 Å². The van der Waals surface area contributed by atoms with Gasteiger partial charge in [0.05, 0.1) is 16.2 Å². The number of anilines is 1. The minimum Gasteiger partial charge on any atom is -0.506 e. The number of hydrogen-bond donors (Lipinski definition) is 3. The summed E-state index contributed by atoms with van der Waals surface area (Å²) < 4.78 is 0. The molecule has 4 aromatic carbocycles. The number of amides is 2. The molecule has 0 saturated heterocycles.